The van der Waals surface area contributed by atoms with Crippen LogP contribution in [0.15, 0.2) is 0 Å². The molecular weight excluding hydrogens is 98.1 g/mol. The van der Waals surface area contributed by atoms with E-state index in [4.69, 9.17) is 0 Å². The molecule has 1 nitrogen and oxygen atoms in total. The molecule has 0 aliphatic carbocycles. The highest BCUT2D eigenvalue weighted by Gasteiger charge is 2.03. The molecule has 0 aromatic heterocycles. The predicted octanol–water partition coefficient (Wildman–Crippen LogP) is 1.98. The van der Waals surface area contributed by atoms with Crippen LogP contribution in [0.3, 0.4) is 0 Å². The van der Waals surface area contributed by atoms with Gasteiger partial charge in [0, 0.05) is 0 Å². The largest absolute Gasteiger partial charge is 0.306 e. The Morgan fingerprint density at radius 3 is 1.50 bits per heavy atom. The highest BCUT2D eigenvalue weighted by Crippen LogP contribution is 2.01. The molecule has 1 fully saturated rings. The number of rotatable bonds is 0. The lowest BCUT2D eigenvalue weighted by molar-refractivity contribution is 0.418. The van der Waals surface area contributed by atoms with Gasteiger partial charge in [-0.15, -0.1) is 0 Å². The molecule has 0 atom stereocenters. The fourth-order valence-corrected chi connectivity index (χ4v) is 0.875. The third-order valence-electron chi connectivity index (χ3n) is 1.33. The number of likely N-dealkylation sites (tertiary alicyclic amines) is 1. The van der Waals surface area contributed by atoms with Crippen LogP contribution in [0, 0.1) is 0 Å². The molecule has 0 amide bonds. The Labute approximate surface area is 53.7 Å². The van der Waals surface area contributed by atoms with Gasteiger partial charge in [0.05, 0.1) is 0 Å². The molecule has 0 aromatic carbocycles. The van der Waals surface area contributed by atoms with Gasteiger partial charge in [0.2, 0.25) is 0 Å². The first-order valence-corrected chi connectivity index (χ1v) is 2.58. The molecule has 0 radical (unpaired) electrons. The molecule has 1 saturated heterocycles. The summed E-state index contributed by atoms with van der Waals surface area (Å²) in [5.41, 5.74) is 0. The highest BCUT2D eigenvalue weighted by atomic mass is 15.1. The van der Waals surface area contributed by atoms with E-state index >= 15 is 0 Å². The van der Waals surface area contributed by atoms with Gasteiger partial charge in [0.25, 0.3) is 0 Å². The molecule has 0 spiro atoms. The second kappa shape index (κ2) is 5.10. The molecule has 0 aromatic rings. The maximum atomic E-state index is 2.36. The average molecular weight is 117 g/mol. The van der Waals surface area contributed by atoms with E-state index in [0.717, 1.165) is 0 Å². The summed E-state index contributed by atoms with van der Waals surface area (Å²) in [5, 5.41) is 0. The zero-order valence-electron chi connectivity index (χ0n) is 4.28. The zero-order valence-corrected chi connectivity index (χ0v) is 4.28. The Kier molecular flexibility index (Phi) is 6.93. The van der Waals surface area contributed by atoms with Crippen molar-refractivity contribution in [1.29, 1.82) is 0 Å². The summed E-state index contributed by atoms with van der Waals surface area (Å²) in [6.07, 6.45) is 2.83. The van der Waals surface area contributed by atoms with Gasteiger partial charge >= 0.3 is 0 Å². The maximum absolute atomic E-state index is 2.36. The van der Waals surface area contributed by atoms with Crippen LogP contribution < -0.4 is 0 Å². The quantitative estimate of drug-likeness (QED) is 0.469. The SMILES string of the molecule is C.C.CN1CCCC1. The molecule has 0 unspecified atom stereocenters. The molecule has 1 aliphatic heterocycles. The van der Waals surface area contributed by atoms with Crippen molar-refractivity contribution in [2.45, 2.75) is 27.7 Å². The van der Waals surface area contributed by atoms with Crippen LogP contribution in [0.2, 0.25) is 0 Å². The third-order valence-corrected chi connectivity index (χ3v) is 1.33. The second-order valence-electron chi connectivity index (χ2n) is 2.01. The van der Waals surface area contributed by atoms with E-state index < -0.39 is 0 Å². The van der Waals surface area contributed by atoms with Gasteiger partial charge < -0.3 is 4.90 Å². The van der Waals surface area contributed by atoms with Crippen molar-refractivity contribution < 1.29 is 0 Å². The topological polar surface area (TPSA) is 3.24 Å². The van der Waals surface area contributed by atoms with Crippen LogP contribution >= 0.6 is 0 Å². The summed E-state index contributed by atoms with van der Waals surface area (Å²) in [6, 6.07) is 0. The fourth-order valence-electron chi connectivity index (χ4n) is 0.875. The second-order valence-corrected chi connectivity index (χ2v) is 2.01. The van der Waals surface area contributed by atoms with Crippen molar-refractivity contribution in [2.75, 3.05) is 20.1 Å². The van der Waals surface area contributed by atoms with Crippen LogP contribution in [0.25, 0.3) is 0 Å². The molecule has 8 heavy (non-hydrogen) atoms. The summed E-state index contributed by atoms with van der Waals surface area (Å²) < 4.78 is 0. The summed E-state index contributed by atoms with van der Waals surface area (Å²) in [6.45, 7) is 2.64. The molecule has 52 valence electrons. The van der Waals surface area contributed by atoms with Gasteiger partial charge in [0.1, 0.15) is 0 Å². The van der Waals surface area contributed by atoms with E-state index in [9.17, 15) is 0 Å². The Bertz CT molecular complexity index is 37.7. The zero-order chi connectivity index (χ0) is 4.41. The Balaban J connectivity index is 0. The summed E-state index contributed by atoms with van der Waals surface area (Å²) >= 11 is 0. The van der Waals surface area contributed by atoms with Crippen LogP contribution in [-0.2, 0) is 0 Å². The Morgan fingerprint density at radius 2 is 1.38 bits per heavy atom. The fraction of sp³-hybridized carbons (Fsp3) is 1.00. The molecule has 1 heterocycles. The van der Waals surface area contributed by atoms with Crippen molar-refractivity contribution in [1.82, 2.24) is 4.90 Å². The molecule has 0 bridgehead atoms. The van der Waals surface area contributed by atoms with Gasteiger partial charge in [-0.1, -0.05) is 14.9 Å². The van der Waals surface area contributed by atoms with Crippen molar-refractivity contribution in [2.24, 2.45) is 0 Å². The monoisotopic (exact) mass is 117 g/mol. The minimum Gasteiger partial charge on any atom is -0.306 e. The van der Waals surface area contributed by atoms with E-state index in [0.29, 0.717) is 0 Å². The van der Waals surface area contributed by atoms with E-state index in [1.165, 1.54) is 25.9 Å². The van der Waals surface area contributed by atoms with Crippen LogP contribution in [0.1, 0.15) is 27.7 Å². The van der Waals surface area contributed by atoms with Gasteiger partial charge in [-0.25, -0.2) is 0 Å². The molecule has 0 N–H and O–H groups in total. The van der Waals surface area contributed by atoms with E-state index in [1.807, 2.05) is 0 Å². The summed E-state index contributed by atoms with van der Waals surface area (Å²) in [4.78, 5) is 2.36. The lowest BCUT2D eigenvalue weighted by Gasteiger charge is -2.01. The number of hydrogen-bond donors (Lipinski definition) is 0. The molecule has 0 saturated carbocycles. The van der Waals surface area contributed by atoms with Gasteiger partial charge in [0.15, 0.2) is 0 Å². The van der Waals surface area contributed by atoms with E-state index in [-0.39, 0.29) is 14.9 Å². The highest BCUT2D eigenvalue weighted by molar-refractivity contribution is 4.59. The normalized spacial score (nSPS) is 19.1. The third kappa shape index (κ3) is 3.03. The first-order chi connectivity index (χ1) is 2.89. The minimum atomic E-state index is 0. The number of hydrogen-bond acceptors (Lipinski definition) is 1. The van der Waals surface area contributed by atoms with Crippen LogP contribution in [0.5, 0.6) is 0 Å². The van der Waals surface area contributed by atoms with Crippen molar-refractivity contribution in [3.63, 3.8) is 0 Å². The van der Waals surface area contributed by atoms with E-state index in [1.54, 1.807) is 0 Å². The van der Waals surface area contributed by atoms with Gasteiger partial charge in [-0.05, 0) is 33.0 Å². The van der Waals surface area contributed by atoms with Gasteiger partial charge in [-0.2, -0.15) is 0 Å². The standard InChI is InChI=1S/C5H11N.2CH4/c1-6-4-2-3-5-6;;/h2-5H2,1H3;2*1H4. The van der Waals surface area contributed by atoms with Crippen molar-refractivity contribution in [3.05, 3.63) is 0 Å². The minimum absolute atomic E-state index is 0. The lowest BCUT2D eigenvalue weighted by atomic mass is 10.4. The van der Waals surface area contributed by atoms with Crippen LogP contribution in [0.4, 0.5) is 0 Å². The molecule has 1 heteroatoms. The first kappa shape index (κ1) is 10.9. The van der Waals surface area contributed by atoms with Crippen molar-refractivity contribution >= 4 is 0 Å². The molecule has 1 rings (SSSR count). The molecular formula is C7H19N. The van der Waals surface area contributed by atoms with Gasteiger partial charge in [-0.3, -0.25) is 0 Å². The Morgan fingerprint density at radius 1 is 1.00 bits per heavy atom. The summed E-state index contributed by atoms with van der Waals surface area (Å²) in [5.74, 6) is 0. The Hall–Kier alpha value is -0.0400. The smallest absolute Gasteiger partial charge is 0.00213 e. The molecule has 1 aliphatic rings. The predicted molar refractivity (Wildman–Crippen MR) is 40.2 cm³/mol. The van der Waals surface area contributed by atoms with Crippen molar-refractivity contribution in [3.8, 4) is 0 Å². The maximum Gasteiger partial charge on any atom is -0.00213 e. The lowest BCUT2D eigenvalue weighted by Crippen LogP contribution is -2.10. The number of nitrogens with zero attached hydrogens (tertiary/aromatic N) is 1. The van der Waals surface area contributed by atoms with Crippen LogP contribution in [-0.4, -0.2) is 25.0 Å². The van der Waals surface area contributed by atoms with E-state index in [2.05, 4.69) is 11.9 Å². The first-order valence-electron chi connectivity index (χ1n) is 2.58. The average Bonchev–Trinajstić information content (AvgIpc) is 1.86. The summed E-state index contributed by atoms with van der Waals surface area (Å²) in [7, 11) is 2.17.